The Morgan fingerprint density at radius 1 is 1.10 bits per heavy atom. The Hall–Kier alpha value is -3.20. The third-order valence-corrected chi connectivity index (χ3v) is 5.32. The molecule has 1 heterocycles. The zero-order chi connectivity index (χ0) is 21.7. The van der Waals surface area contributed by atoms with Crippen molar-refractivity contribution in [1.29, 1.82) is 0 Å². The van der Waals surface area contributed by atoms with Crippen LogP contribution in [-0.4, -0.2) is 23.6 Å². The number of nitrogens with zero attached hydrogens (tertiary/aromatic N) is 1. The number of rotatable bonds is 7. The highest BCUT2D eigenvalue weighted by Crippen LogP contribution is 2.29. The van der Waals surface area contributed by atoms with E-state index in [1.807, 2.05) is 13.8 Å². The first-order chi connectivity index (χ1) is 14.4. The Morgan fingerprint density at radius 3 is 2.47 bits per heavy atom. The van der Waals surface area contributed by atoms with E-state index in [1.165, 1.54) is 17.8 Å². The molecule has 156 valence electrons. The van der Waals surface area contributed by atoms with Crippen LogP contribution in [0.1, 0.15) is 27.4 Å². The first-order valence-electron chi connectivity index (χ1n) is 8.91. The van der Waals surface area contributed by atoms with Crippen molar-refractivity contribution in [2.24, 2.45) is 0 Å². The Bertz CT molecular complexity index is 1040. The summed E-state index contributed by atoms with van der Waals surface area (Å²) in [6, 6.07) is 9.98. The first kappa shape index (κ1) is 21.5. The van der Waals surface area contributed by atoms with Crippen molar-refractivity contribution in [3.05, 3.63) is 76.7 Å². The number of aryl methyl sites for hydroxylation is 2. The summed E-state index contributed by atoms with van der Waals surface area (Å²) in [5.41, 5.74) is 1.40. The number of aromatic nitrogens is 1. The summed E-state index contributed by atoms with van der Waals surface area (Å²) >= 11 is 1.40. The Labute approximate surface area is 175 Å². The molecule has 3 aromatic rings. The molecular formula is C21H18F2N2O4S. The monoisotopic (exact) mass is 432 g/mol. The van der Waals surface area contributed by atoms with Gasteiger partial charge in [0.05, 0.1) is 11.3 Å². The fourth-order valence-electron chi connectivity index (χ4n) is 2.62. The minimum Gasteiger partial charge on any atom is -0.452 e. The summed E-state index contributed by atoms with van der Waals surface area (Å²) in [5.74, 6) is -2.17. The number of anilines is 1. The minimum atomic E-state index is -0.921. The van der Waals surface area contributed by atoms with Gasteiger partial charge in [-0.05, 0) is 38.1 Å². The van der Waals surface area contributed by atoms with Crippen LogP contribution >= 0.6 is 11.8 Å². The summed E-state index contributed by atoms with van der Waals surface area (Å²) in [7, 11) is 0. The van der Waals surface area contributed by atoms with Crippen LogP contribution in [0.4, 0.5) is 14.5 Å². The average Bonchev–Trinajstić information content (AvgIpc) is 3.05. The predicted octanol–water partition coefficient (Wildman–Crippen LogP) is 4.66. The van der Waals surface area contributed by atoms with E-state index in [4.69, 9.17) is 9.26 Å². The lowest BCUT2D eigenvalue weighted by atomic mass is 10.2. The molecule has 0 aliphatic carbocycles. The number of esters is 1. The molecule has 0 saturated carbocycles. The molecule has 30 heavy (non-hydrogen) atoms. The van der Waals surface area contributed by atoms with E-state index >= 15 is 0 Å². The zero-order valence-electron chi connectivity index (χ0n) is 16.2. The fourth-order valence-corrected chi connectivity index (χ4v) is 3.81. The highest BCUT2D eigenvalue weighted by molar-refractivity contribution is 7.98. The van der Waals surface area contributed by atoms with Gasteiger partial charge >= 0.3 is 5.97 Å². The van der Waals surface area contributed by atoms with E-state index in [1.54, 1.807) is 24.3 Å². The zero-order valence-corrected chi connectivity index (χ0v) is 17.0. The predicted molar refractivity (Wildman–Crippen MR) is 107 cm³/mol. The van der Waals surface area contributed by atoms with Gasteiger partial charge in [0.1, 0.15) is 23.1 Å². The van der Waals surface area contributed by atoms with Crippen LogP contribution in [0.3, 0.4) is 0 Å². The summed E-state index contributed by atoms with van der Waals surface area (Å²) in [6.45, 7) is 2.96. The lowest BCUT2D eigenvalue weighted by molar-refractivity contribution is -0.119. The maximum absolute atomic E-state index is 13.6. The molecule has 0 fully saturated rings. The highest BCUT2D eigenvalue weighted by atomic mass is 32.2. The van der Waals surface area contributed by atoms with Crippen molar-refractivity contribution >= 4 is 29.3 Å². The maximum atomic E-state index is 13.6. The molecular weight excluding hydrogens is 414 g/mol. The van der Waals surface area contributed by atoms with Crippen molar-refractivity contribution in [1.82, 2.24) is 5.16 Å². The molecule has 0 unspecified atom stereocenters. The molecule has 1 N–H and O–H groups in total. The number of halogens is 2. The van der Waals surface area contributed by atoms with Gasteiger partial charge in [-0.1, -0.05) is 23.4 Å². The summed E-state index contributed by atoms with van der Waals surface area (Å²) in [4.78, 5) is 25.1. The van der Waals surface area contributed by atoms with E-state index in [-0.39, 0.29) is 5.56 Å². The van der Waals surface area contributed by atoms with Crippen molar-refractivity contribution < 1.29 is 27.6 Å². The van der Waals surface area contributed by atoms with E-state index in [0.717, 1.165) is 23.4 Å². The number of carbonyl (C=O) groups is 2. The first-order valence-corrected chi connectivity index (χ1v) is 9.90. The number of ether oxygens (including phenoxy) is 1. The van der Waals surface area contributed by atoms with Crippen LogP contribution in [0, 0.1) is 25.5 Å². The van der Waals surface area contributed by atoms with Gasteiger partial charge in [0, 0.05) is 16.2 Å². The van der Waals surface area contributed by atoms with E-state index in [9.17, 15) is 18.4 Å². The number of amides is 1. The fraction of sp³-hybridized carbons (Fsp3) is 0.190. The molecule has 3 rings (SSSR count). The van der Waals surface area contributed by atoms with Crippen LogP contribution in [0.25, 0.3) is 0 Å². The second kappa shape index (κ2) is 9.53. The summed E-state index contributed by atoms with van der Waals surface area (Å²) < 4.78 is 37.4. The number of nitrogens with one attached hydrogen (secondary N) is 1. The lowest BCUT2D eigenvalue weighted by Crippen LogP contribution is -2.22. The highest BCUT2D eigenvalue weighted by Gasteiger charge is 2.18. The van der Waals surface area contributed by atoms with Gasteiger partial charge in [-0.25, -0.2) is 13.6 Å². The molecule has 0 saturated heterocycles. The summed E-state index contributed by atoms with van der Waals surface area (Å²) in [5, 5.41) is 5.97. The third kappa shape index (κ3) is 5.04. The third-order valence-electron chi connectivity index (χ3n) is 4.22. The number of thioether (sulfide) groups is 1. The molecule has 0 spiro atoms. The van der Waals surface area contributed by atoms with Crippen LogP contribution in [-0.2, 0) is 15.3 Å². The van der Waals surface area contributed by atoms with Gasteiger partial charge in [-0.2, -0.15) is 0 Å². The molecule has 1 aromatic heterocycles. The number of hydrogen-bond acceptors (Lipinski definition) is 6. The standard InChI is InChI=1S/C21H18F2N2O4S/c1-12-15(13(2)29-25-12)11-30-18-9-4-3-6-14(18)21(27)28-10-19(26)24-20-16(22)7-5-8-17(20)23/h3-9H,10-11H2,1-2H3,(H,24,26). The van der Waals surface area contributed by atoms with E-state index in [0.29, 0.717) is 16.4 Å². The van der Waals surface area contributed by atoms with Crippen molar-refractivity contribution in [3.63, 3.8) is 0 Å². The molecule has 0 bridgehead atoms. The lowest BCUT2D eigenvalue weighted by Gasteiger charge is -2.10. The minimum absolute atomic E-state index is 0.277. The molecule has 0 atom stereocenters. The van der Waals surface area contributed by atoms with E-state index in [2.05, 4.69) is 10.5 Å². The van der Waals surface area contributed by atoms with Gasteiger partial charge < -0.3 is 14.6 Å². The Morgan fingerprint density at radius 2 is 1.80 bits per heavy atom. The Balaban J connectivity index is 1.62. The van der Waals surface area contributed by atoms with Gasteiger partial charge in [0.15, 0.2) is 6.61 Å². The van der Waals surface area contributed by atoms with Crippen molar-refractivity contribution in [2.75, 3.05) is 11.9 Å². The van der Waals surface area contributed by atoms with Gasteiger partial charge in [0.25, 0.3) is 5.91 Å². The SMILES string of the molecule is Cc1noc(C)c1CSc1ccccc1C(=O)OCC(=O)Nc1c(F)cccc1F. The molecule has 9 heteroatoms. The van der Waals surface area contributed by atoms with Crippen molar-refractivity contribution in [3.8, 4) is 0 Å². The second-order valence-corrected chi connectivity index (χ2v) is 7.33. The van der Waals surface area contributed by atoms with Crippen molar-refractivity contribution in [2.45, 2.75) is 24.5 Å². The quantitative estimate of drug-likeness (QED) is 0.432. The number of benzene rings is 2. The van der Waals surface area contributed by atoms with Crippen LogP contribution in [0.2, 0.25) is 0 Å². The van der Waals surface area contributed by atoms with E-state index < -0.39 is 35.8 Å². The topological polar surface area (TPSA) is 81.4 Å². The molecule has 1 amide bonds. The molecule has 6 nitrogen and oxygen atoms in total. The largest absolute Gasteiger partial charge is 0.452 e. The number of para-hydroxylation sites is 1. The maximum Gasteiger partial charge on any atom is 0.339 e. The molecule has 0 radical (unpaired) electrons. The van der Waals surface area contributed by atoms with Gasteiger partial charge in [-0.3, -0.25) is 4.79 Å². The molecule has 0 aliphatic heterocycles. The second-order valence-electron chi connectivity index (χ2n) is 6.31. The van der Waals surface area contributed by atoms with Gasteiger partial charge in [0.2, 0.25) is 0 Å². The number of hydrogen-bond donors (Lipinski definition) is 1. The average molecular weight is 432 g/mol. The van der Waals surface area contributed by atoms with Gasteiger partial charge in [-0.15, -0.1) is 11.8 Å². The van der Waals surface area contributed by atoms with Crippen LogP contribution in [0.5, 0.6) is 0 Å². The molecule has 0 aliphatic rings. The van der Waals surface area contributed by atoms with Crippen LogP contribution in [0.15, 0.2) is 51.9 Å². The number of carbonyl (C=O) groups excluding carboxylic acids is 2. The normalized spacial score (nSPS) is 10.7. The molecule has 2 aromatic carbocycles. The van der Waals surface area contributed by atoms with Crippen LogP contribution < -0.4 is 5.32 Å². The Kier molecular flexibility index (Phi) is 6.83. The smallest absolute Gasteiger partial charge is 0.339 e. The summed E-state index contributed by atoms with van der Waals surface area (Å²) in [6.07, 6.45) is 0.